The number of halogens is 3. The van der Waals surface area contributed by atoms with Crippen molar-refractivity contribution in [2.24, 2.45) is 0 Å². The molecular formula is C20H19ClF2N4O2. The maximum Gasteiger partial charge on any atom is 0.263 e. The Morgan fingerprint density at radius 2 is 1.97 bits per heavy atom. The number of carbonyl (C=O) groups excluding carboxylic acids is 1. The lowest BCUT2D eigenvalue weighted by atomic mass is 10.1. The molecule has 0 radical (unpaired) electrons. The lowest BCUT2D eigenvalue weighted by Gasteiger charge is -2.15. The summed E-state index contributed by atoms with van der Waals surface area (Å²) in [5.74, 6) is -0.713. The molecule has 3 heterocycles. The Kier molecular flexibility index (Phi) is 5.36. The van der Waals surface area contributed by atoms with Gasteiger partial charge in [0.15, 0.2) is 0 Å². The predicted molar refractivity (Wildman–Crippen MR) is 106 cm³/mol. The summed E-state index contributed by atoms with van der Waals surface area (Å²) in [6, 6.07) is 4.13. The quantitative estimate of drug-likeness (QED) is 0.636. The van der Waals surface area contributed by atoms with Gasteiger partial charge in [-0.3, -0.25) is 14.2 Å². The van der Waals surface area contributed by atoms with Crippen molar-refractivity contribution in [3.05, 3.63) is 51.9 Å². The van der Waals surface area contributed by atoms with Gasteiger partial charge < -0.3 is 9.47 Å². The third-order valence-corrected chi connectivity index (χ3v) is 5.45. The SMILES string of the molecule is O=C(Cn1cnc2c(c(-c3ccc(F)c(Cl)c3)cn2CCF)c1=O)N1CCCC1. The van der Waals surface area contributed by atoms with Gasteiger partial charge in [-0.25, -0.2) is 13.8 Å². The molecule has 1 aromatic carbocycles. The second-order valence-corrected chi connectivity index (χ2v) is 7.43. The zero-order chi connectivity index (χ0) is 20.5. The highest BCUT2D eigenvalue weighted by Crippen LogP contribution is 2.30. The minimum atomic E-state index is -0.633. The normalized spacial score (nSPS) is 14.1. The fraction of sp³-hybridized carbons (Fsp3) is 0.350. The highest BCUT2D eigenvalue weighted by Gasteiger charge is 2.21. The molecule has 6 nitrogen and oxygen atoms in total. The Balaban J connectivity index is 1.83. The van der Waals surface area contributed by atoms with Gasteiger partial charge in [0.2, 0.25) is 5.91 Å². The fourth-order valence-corrected chi connectivity index (χ4v) is 3.87. The molecule has 152 valence electrons. The first-order valence-corrected chi connectivity index (χ1v) is 9.75. The van der Waals surface area contributed by atoms with Crippen LogP contribution < -0.4 is 5.56 Å². The first-order chi connectivity index (χ1) is 14.0. The summed E-state index contributed by atoms with van der Waals surface area (Å²) in [6.45, 7) is 0.658. The molecule has 0 aliphatic carbocycles. The van der Waals surface area contributed by atoms with Crippen LogP contribution in [0.1, 0.15) is 12.8 Å². The molecule has 0 N–H and O–H groups in total. The lowest BCUT2D eigenvalue weighted by Crippen LogP contribution is -2.34. The lowest BCUT2D eigenvalue weighted by molar-refractivity contribution is -0.130. The highest BCUT2D eigenvalue weighted by atomic mass is 35.5. The third kappa shape index (κ3) is 3.64. The summed E-state index contributed by atoms with van der Waals surface area (Å²) in [6.07, 6.45) is 4.84. The van der Waals surface area contributed by atoms with E-state index >= 15 is 0 Å². The van der Waals surface area contributed by atoms with E-state index in [9.17, 15) is 18.4 Å². The number of aryl methyl sites for hydroxylation is 1. The predicted octanol–water partition coefficient (Wildman–Crippen LogP) is 3.25. The largest absolute Gasteiger partial charge is 0.341 e. The molecule has 4 rings (SSSR count). The second kappa shape index (κ2) is 7.94. The van der Waals surface area contributed by atoms with E-state index in [2.05, 4.69) is 4.98 Å². The number of hydrogen-bond donors (Lipinski definition) is 0. The zero-order valence-electron chi connectivity index (χ0n) is 15.6. The van der Waals surface area contributed by atoms with Gasteiger partial charge in [0.1, 0.15) is 31.0 Å². The van der Waals surface area contributed by atoms with Gasteiger partial charge in [0, 0.05) is 24.8 Å². The van der Waals surface area contributed by atoms with Crippen LogP contribution in [-0.2, 0) is 17.9 Å². The average molecular weight is 421 g/mol. The number of aromatic nitrogens is 3. The molecule has 0 bridgehead atoms. The van der Waals surface area contributed by atoms with Crippen LogP contribution in [0.2, 0.25) is 5.02 Å². The molecule has 1 fully saturated rings. The summed E-state index contributed by atoms with van der Waals surface area (Å²) in [5, 5.41) is 0.167. The molecule has 0 unspecified atom stereocenters. The topological polar surface area (TPSA) is 60.1 Å². The van der Waals surface area contributed by atoms with Crippen LogP contribution in [0, 0.1) is 5.82 Å². The van der Waals surface area contributed by atoms with Gasteiger partial charge in [0.25, 0.3) is 5.56 Å². The van der Waals surface area contributed by atoms with Gasteiger partial charge >= 0.3 is 0 Å². The summed E-state index contributed by atoms with van der Waals surface area (Å²) in [4.78, 5) is 31.7. The minimum Gasteiger partial charge on any atom is -0.341 e. The van der Waals surface area contributed by atoms with Crippen LogP contribution >= 0.6 is 11.6 Å². The van der Waals surface area contributed by atoms with Crippen LogP contribution in [-0.4, -0.2) is 44.7 Å². The number of fused-ring (bicyclic) bond motifs is 1. The Labute approximate surface area is 170 Å². The summed E-state index contributed by atoms with van der Waals surface area (Å²) in [5.41, 5.74) is 0.890. The van der Waals surface area contributed by atoms with Crippen molar-refractivity contribution in [2.75, 3.05) is 19.8 Å². The van der Waals surface area contributed by atoms with Gasteiger partial charge in [-0.2, -0.15) is 0 Å². The van der Waals surface area contributed by atoms with Crippen LogP contribution in [0.5, 0.6) is 0 Å². The molecule has 1 amide bonds. The number of carbonyl (C=O) groups is 1. The van der Waals surface area contributed by atoms with E-state index in [1.165, 1.54) is 33.7 Å². The van der Waals surface area contributed by atoms with E-state index in [4.69, 9.17) is 11.6 Å². The van der Waals surface area contributed by atoms with Crippen LogP contribution in [0.3, 0.4) is 0 Å². The fourth-order valence-electron chi connectivity index (χ4n) is 3.68. The summed E-state index contributed by atoms with van der Waals surface area (Å²) < 4.78 is 29.4. The highest BCUT2D eigenvalue weighted by molar-refractivity contribution is 6.31. The molecule has 0 spiro atoms. The Bertz CT molecular complexity index is 1140. The molecule has 1 aliphatic rings. The van der Waals surface area contributed by atoms with Crippen molar-refractivity contribution in [2.45, 2.75) is 25.9 Å². The van der Waals surface area contributed by atoms with Gasteiger partial charge in [0.05, 0.1) is 17.0 Å². The van der Waals surface area contributed by atoms with Crippen LogP contribution in [0.4, 0.5) is 8.78 Å². The second-order valence-electron chi connectivity index (χ2n) is 7.02. The first-order valence-electron chi connectivity index (χ1n) is 9.37. The van der Waals surface area contributed by atoms with Crippen molar-refractivity contribution < 1.29 is 13.6 Å². The number of nitrogens with zero attached hydrogens (tertiary/aromatic N) is 4. The van der Waals surface area contributed by atoms with Crippen LogP contribution in [0.15, 0.2) is 35.5 Å². The smallest absolute Gasteiger partial charge is 0.263 e. The molecule has 0 saturated carbocycles. The van der Waals surface area contributed by atoms with Crippen molar-refractivity contribution in [3.8, 4) is 11.1 Å². The molecule has 3 aromatic rings. The van der Waals surface area contributed by atoms with Crippen LogP contribution in [0.25, 0.3) is 22.2 Å². The molecule has 9 heteroatoms. The molecule has 1 aliphatic heterocycles. The van der Waals surface area contributed by atoms with E-state index < -0.39 is 18.1 Å². The van der Waals surface area contributed by atoms with Gasteiger partial charge in [-0.1, -0.05) is 17.7 Å². The molecule has 1 saturated heterocycles. The number of likely N-dealkylation sites (tertiary alicyclic amines) is 1. The number of hydrogen-bond acceptors (Lipinski definition) is 3. The number of benzene rings is 1. The van der Waals surface area contributed by atoms with Crippen molar-refractivity contribution in [3.63, 3.8) is 0 Å². The molecule has 29 heavy (non-hydrogen) atoms. The van der Waals surface area contributed by atoms with E-state index in [1.807, 2.05) is 0 Å². The zero-order valence-corrected chi connectivity index (χ0v) is 16.3. The Morgan fingerprint density at radius 3 is 2.66 bits per heavy atom. The van der Waals surface area contributed by atoms with E-state index in [0.717, 1.165) is 12.8 Å². The summed E-state index contributed by atoms with van der Waals surface area (Å²) >= 11 is 5.90. The van der Waals surface area contributed by atoms with E-state index in [1.54, 1.807) is 11.1 Å². The van der Waals surface area contributed by atoms with Crippen molar-refractivity contribution in [1.29, 1.82) is 0 Å². The maximum absolute atomic E-state index is 13.6. The van der Waals surface area contributed by atoms with E-state index in [0.29, 0.717) is 29.9 Å². The average Bonchev–Trinajstić information content (AvgIpc) is 3.35. The van der Waals surface area contributed by atoms with Gasteiger partial charge in [-0.15, -0.1) is 0 Å². The molecule has 0 atom stereocenters. The maximum atomic E-state index is 13.6. The Morgan fingerprint density at radius 1 is 1.21 bits per heavy atom. The number of alkyl halides is 1. The standard InChI is InChI=1S/C20H19ClF2N4O2/c21-15-9-13(3-4-16(15)23)14-10-26(8-5-22)19-18(14)20(29)27(12-24-19)11-17(28)25-6-1-2-7-25/h3-4,9-10,12H,1-2,5-8,11H2. The first kappa shape index (κ1) is 19.6. The Hall–Kier alpha value is -2.74. The minimum absolute atomic E-state index is 0.0224. The monoisotopic (exact) mass is 420 g/mol. The number of amides is 1. The van der Waals surface area contributed by atoms with Crippen molar-refractivity contribution in [1.82, 2.24) is 19.0 Å². The third-order valence-electron chi connectivity index (χ3n) is 5.16. The number of rotatable bonds is 5. The van der Waals surface area contributed by atoms with E-state index in [-0.39, 0.29) is 29.4 Å². The van der Waals surface area contributed by atoms with Crippen molar-refractivity contribution >= 4 is 28.5 Å². The molecular weight excluding hydrogens is 402 g/mol. The van der Waals surface area contributed by atoms with Gasteiger partial charge in [-0.05, 0) is 30.5 Å². The molecule has 2 aromatic heterocycles. The summed E-state index contributed by atoms with van der Waals surface area (Å²) in [7, 11) is 0.